The maximum Gasteiger partial charge on any atom is 0.211 e. The fourth-order valence-corrected chi connectivity index (χ4v) is 1.01. The van der Waals surface area contributed by atoms with Crippen molar-refractivity contribution < 1.29 is 9.47 Å². The van der Waals surface area contributed by atoms with Crippen LogP contribution in [0.3, 0.4) is 0 Å². The second kappa shape index (κ2) is 6.28. The van der Waals surface area contributed by atoms with E-state index >= 15 is 0 Å². The molecule has 0 atom stereocenters. The van der Waals surface area contributed by atoms with Gasteiger partial charge in [0, 0.05) is 0 Å². The van der Waals surface area contributed by atoms with E-state index in [2.05, 4.69) is 10.2 Å². The van der Waals surface area contributed by atoms with E-state index in [-0.39, 0.29) is 12.6 Å². The monoisotopic (exact) mass is 222 g/mol. The largest absolute Gasteiger partial charge is 0.493 e. The van der Waals surface area contributed by atoms with Gasteiger partial charge in [0.05, 0.1) is 13.3 Å². The average Bonchev–Trinajstić information content (AvgIpc) is 2.29. The summed E-state index contributed by atoms with van der Waals surface area (Å²) in [5.41, 5.74) is 10.2. The Bertz CT molecular complexity index is 386. The fraction of sp³-hybridized carbons (Fsp3) is 0.200. The number of para-hydroxylation sites is 2. The van der Waals surface area contributed by atoms with Crippen LogP contribution in [0, 0.1) is 0 Å². The van der Waals surface area contributed by atoms with Gasteiger partial charge < -0.3 is 20.9 Å². The maximum absolute atomic E-state index is 5.38. The van der Waals surface area contributed by atoms with Crippen LogP contribution in [0.4, 0.5) is 0 Å². The zero-order valence-electron chi connectivity index (χ0n) is 8.96. The molecule has 1 aromatic rings. The highest BCUT2D eigenvalue weighted by Gasteiger charge is 2.00. The minimum atomic E-state index is -0.0893. The van der Waals surface area contributed by atoms with Crippen LogP contribution in [0.25, 0.3) is 0 Å². The quantitative estimate of drug-likeness (QED) is 0.426. The van der Waals surface area contributed by atoms with Crippen molar-refractivity contribution in [1.82, 2.24) is 0 Å². The summed E-state index contributed by atoms with van der Waals surface area (Å²) in [6.07, 6.45) is 1.45. The number of hydrogen-bond acceptors (Lipinski definition) is 4. The molecular formula is C10H14N4O2. The van der Waals surface area contributed by atoms with Gasteiger partial charge in [0.2, 0.25) is 5.96 Å². The SMILES string of the molecule is COc1ccccc1OC/C=N/N=C(N)N. The van der Waals surface area contributed by atoms with Gasteiger partial charge in [-0.15, -0.1) is 5.10 Å². The first-order chi connectivity index (χ1) is 7.74. The number of hydrogen-bond donors (Lipinski definition) is 2. The van der Waals surface area contributed by atoms with E-state index in [9.17, 15) is 0 Å². The van der Waals surface area contributed by atoms with Gasteiger partial charge >= 0.3 is 0 Å². The predicted molar refractivity (Wildman–Crippen MR) is 62.8 cm³/mol. The molecule has 4 N–H and O–H groups in total. The summed E-state index contributed by atoms with van der Waals surface area (Å²) in [4.78, 5) is 0. The van der Waals surface area contributed by atoms with E-state index in [0.717, 1.165) is 0 Å². The number of nitrogens with two attached hydrogens (primary N) is 2. The number of rotatable bonds is 5. The van der Waals surface area contributed by atoms with Crippen molar-refractivity contribution >= 4 is 12.2 Å². The molecule has 86 valence electrons. The number of guanidine groups is 1. The number of ether oxygens (including phenoxy) is 2. The lowest BCUT2D eigenvalue weighted by Crippen LogP contribution is -2.21. The summed E-state index contributed by atoms with van der Waals surface area (Å²) < 4.78 is 10.5. The first-order valence-corrected chi connectivity index (χ1v) is 4.60. The van der Waals surface area contributed by atoms with Crippen molar-refractivity contribution in [2.75, 3.05) is 13.7 Å². The lowest BCUT2D eigenvalue weighted by molar-refractivity contribution is 0.337. The van der Waals surface area contributed by atoms with Gasteiger partial charge in [-0.2, -0.15) is 5.10 Å². The zero-order valence-corrected chi connectivity index (χ0v) is 8.96. The van der Waals surface area contributed by atoms with Crippen LogP contribution in [-0.4, -0.2) is 25.9 Å². The topological polar surface area (TPSA) is 95.2 Å². The van der Waals surface area contributed by atoms with Gasteiger partial charge in [0.25, 0.3) is 0 Å². The first kappa shape index (κ1) is 11.8. The Morgan fingerprint density at radius 1 is 1.31 bits per heavy atom. The average molecular weight is 222 g/mol. The molecular weight excluding hydrogens is 208 g/mol. The standard InChI is InChI=1S/C10H14N4O2/c1-15-8-4-2-3-5-9(8)16-7-6-13-14-10(11)12/h2-6H,7H2,1H3,(H4,11,12,14)/b13-6+. The molecule has 6 heteroatoms. The summed E-state index contributed by atoms with van der Waals surface area (Å²) in [6, 6.07) is 7.32. The van der Waals surface area contributed by atoms with E-state index in [1.165, 1.54) is 6.21 Å². The molecule has 0 aromatic heterocycles. The normalized spacial score (nSPS) is 10.1. The Kier molecular flexibility index (Phi) is 4.65. The summed E-state index contributed by atoms with van der Waals surface area (Å²) in [5.74, 6) is 1.22. The molecule has 0 aliphatic heterocycles. The Balaban J connectivity index is 2.48. The van der Waals surface area contributed by atoms with Crippen LogP contribution in [0.1, 0.15) is 0 Å². The Morgan fingerprint density at radius 3 is 2.62 bits per heavy atom. The van der Waals surface area contributed by atoms with Crippen LogP contribution in [0.5, 0.6) is 11.5 Å². The lowest BCUT2D eigenvalue weighted by Gasteiger charge is -2.07. The number of nitrogens with zero attached hydrogens (tertiary/aromatic N) is 2. The van der Waals surface area contributed by atoms with Crippen molar-refractivity contribution in [3.05, 3.63) is 24.3 Å². The van der Waals surface area contributed by atoms with Crippen molar-refractivity contribution in [2.45, 2.75) is 0 Å². The van der Waals surface area contributed by atoms with Gasteiger partial charge in [-0.1, -0.05) is 12.1 Å². The molecule has 0 radical (unpaired) electrons. The molecule has 0 saturated heterocycles. The fourth-order valence-electron chi connectivity index (χ4n) is 1.01. The van der Waals surface area contributed by atoms with E-state index in [0.29, 0.717) is 11.5 Å². The van der Waals surface area contributed by atoms with Crippen LogP contribution in [0.2, 0.25) is 0 Å². The molecule has 1 aromatic carbocycles. The third-order valence-electron chi connectivity index (χ3n) is 1.64. The molecule has 0 fully saturated rings. The molecule has 0 aliphatic carbocycles. The molecule has 6 nitrogen and oxygen atoms in total. The van der Waals surface area contributed by atoms with Gasteiger partial charge in [-0.05, 0) is 12.1 Å². The number of methoxy groups -OCH3 is 1. The second-order valence-electron chi connectivity index (χ2n) is 2.78. The van der Waals surface area contributed by atoms with Crippen LogP contribution < -0.4 is 20.9 Å². The highest BCUT2D eigenvalue weighted by molar-refractivity contribution is 5.76. The molecule has 0 amide bonds. The van der Waals surface area contributed by atoms with Gasteiger partial charge in [-0.3, -0.25) is 0 Å². The molecule has 0 aliphatic rings. The Labute approximate surface area is 93.6 Å². The second-order valence-corrected chi connectivity index (χ2v) is 2.78. The summed E-state index contributed by atoms with van der Waals surface area (Å²) in [7, 11) is 1.58. The smallest absolute Gasteiger partial charge is 0.211 e. The van der Waals surface area contributed by atoms with E-state index in [1.807, 2.05) is 18.2 Å². The van der Waals surface area contributed by atoms with E-state index in [1.54, 1.807) is 13.2 Å². The summed E-state index contributed by atoms with van der Waals surface area (Å²) in [5, 5.41) is 7.02. The van der Waals surface area contributed by atoms with Crippen molar-refractivity contribution in [3.63, 3.8) is 0 Å². The van der Waals surface area contributed by atoms with Crippen LogP contribution in [0.15, 0.2) is 34.5 Å². The highest BCUT2D eigenvalue weighted by atomic mass is 16.5. The molecule has 0 spiro atoms. The highest BCUT2D eigenvalue weighted by Crippen LogP contribution is 2.25. The molecule has 0 heterocycles. The maximum atomic E-state index is 5.38. The first-order valence-electron chi connectivity index (χ1n) is 4.60. The van der Waals surface area contributed by atoms with Crippen LogP contribution in [-0.2, 0) is 0 Å². The van der Waals surface area contributed by atoms with Crippen molar-refractivity contribution in [2.24, 2.45) is 21.7 Å². The molecule has 0 bridgehead atoms. The summed E-state index contributed by atoms with van der Waals surface area (Å²) in [6.45, 7) is 0.261. The third kappa shape index (κ3) is 3.87. The minimum Gasteiger partial charge on any atom is -0.493 e. The summed E-state index contributed by atoms with van der Waals surface area (Å²) >= 11 is 0. The minimum absolute atomic E-state index is 0.0893. The van der Waals surface area contributed by atoms with Crippen LogP contribution >= 0.6 is 0 Å². The third-order valence-corrected chi connectivity index (χ3v) is 1.64. The van der Waals surface area contributed by atoms with Crippen molar-refractivity contribution in [3.8, 4) is 11.5 Å². The lowest BCUT2D eigenvalue weighted by atomic mass is 10.3. The molecule has 1 rings (SSSR count). The Hall–Kier alpha value is -2.24. The molecule has 16 heavy (non-hydrogen) atoms. The molecule has 0 saturated carbocycles. The van der Waals surface area contributed by atoms with Gasteiger partial charge in [0.1, 0.15) is 6.61 Å². The van der Waals surface area contributed by atoms with Crippen molar-refractivity contribution in [1.29, 1.82) is 0 Å². The Morgan fingerprint density at radius 2 is 2.00 bits per heavy atom. The van der Waals surface area contributed by atoms with Gasteiger partial charge in [-0.25, -0.2) is 0 Å². The van der Waals surface area contributed by atoms with E-state index in [4.69, 9.17) is 20.9 Å². The molecule has 0 unspecified atom stereocenters. The zero-order chi connectivity index (χ0) is 11.8. The predicted octanol–water partition coefficient (Wildman–Crippen LogP) is 0.333. The van der Waals surface area contributed by atoms with Gasteiger partial charge in [0.15, 0.2) is 11.5 Å². The van der Waals surface area contributed by atoms with E-state index < -0.39 is 0 Å². The number of benzene rings is 1.